The molecule has 0 atom stereocenters. The van der Waals surface area contributed by atoms with Gasteiger partial charge in [-0.3, -0.25) is 0 Å². The van der Waals surface area contributed by atoms with Crippen LogP contribution in [0.25, 0.3) is 10.8 Å². The van der Waals surface area contributed by atoms with Crippen LogP contribution in [0, 0.1) is 0 Å². The summed E-state index contributed by atoms with van der Waals surface area (Å²) < 4.78 is 33.8. The zero-order chi connectivity index (χ0) is 16.4. The molecular weight excluding hydrogens is 312 g/mol. The van der Waals surface area contributed by atoms with Gasteiger partial charge in [0.25, 0.3) is 0 Å². The van der Waals surface area contributed by atoms with E-state index in [1.807, 2.05) is 24.3 Å². The van der Waals surface area contributed by atoms with Crippen molar-refractivity contribution in [2.45, 2.75) is 42.7 Å². The van der Waals surface area contributed by atoms with Gasteiger partial charge < -0.3 is 10.5 Å². The third-order valence-electron chi connectivity index (χ3n) is 4.45. The van der Waals surface area contributed by atoms with E-state index in [0.717, 1.165) is 31.1 Å². The maximum Gasteiger partial charge on any atom is 0.241 e. The molecule has 0 saturated heterocycles. The van der Waals surface area contributed by atoms with Crippen LogP contribution in [-0.4, -0.2) is 27.6 Å². The van der Waals surface area contributed by atoms with Crippen LogP contribution in [0.15, 0.2) is 41.3 Å². The molecule has 3 N–H and O–H groups in total. The van der Waals surface area contributed by atoms with Gasteiger partial charge in [0, 0.05) is 22.9 Å². The first-order valence-corrected chi connectivity index (χ1v) is 9.33. The average Bonchev–Trinajstić information content (AvgIpc) is 2.55. The molecule has 1 fully saturated rings. The highest BCUT2D eigenvalue weighted by atomic mass is 32.2. The second-order valence-electron chi connectivity index (χ2n) is 6.04. The van der Waals surface area contributed by atoms with Gasteiger partial charge in [0.15, 0.2) is 0 Å². The molecule has 1 aliphatic carbocycles. The van der Waals surface area contributed by atoms with E-state index >= 15 is 0 Å². The Morgan fingerprint density at radius 2 is 1.70 bits per heavy atom. The smallest absolute Gasteiger partial charge is 0.241 e. The van der Waals surface area contributed by atoms with Crippen molar-refractivity contribution < 1.29 is 13.2 Å². The fraction of sp³-hybridized carbons (Fsp3) is 0.412. The van der Waals surface area contributed by atoms with E-state index in [4.69, 9.17) is 10.5 Å². The molecule has 0 aliphatic heterocycles. The maximum atomic E-state index is 12.8. The number of rotatable bonds is 4. The Morgan fingerprint density at radius 1 is 1.04 bits per heavy atom. The standard InChI is InChI=1S/C17H22N2O3S/c1-22-16-10-11-17(15-5-3-2-4-14(15)16)23(20,21)19-13-8-6-12(18)7-9-13/h2-5,10-13,19H,6-9,18H2,1H3. The predicted molar refractivity (Wildman–Crippen MR) is 91.1 cm³/mol. The van der Waals surface area contributed by atoms with E-state index in [1.165, 1.54) is 0 Å². The van der Waals surface area contributed by atoms with E-state index in [9.17, 15) is 8.42 Å². The van der Waals surface area contributed by atoms with Crippen molar-refractivity contribution in [1.29, 1.82) is 0 Å². The molecule has 6 heteroatoms. The second kappa shape index (κ2) is 6.47. The molecule has 0 aromatic heterocycles. The van der Waals surface area contributed by atoms with Gasteiger partial charge in [-0.1, -0.05) is 24.3 Å². The third-order valence-corrected chi connectivity index (χ3v) is 6.03. The van der Waals surface area contributed by atoms with Gasteiger partial charge in [-0.15, -0.1) is 0 Å². The van der Waals surface area contributed by atoms with E-state index in [-0.39, 0.29) is 12.1 Å². The molecule has 1 aliphatic rings. The first-order valence-electron chi connectivity index (χ1n) is 7.85. The van der Waals surface area contributed by atoms with Crippen LogP contribution in [0.2, 0.25) is 0 Å². The van der Waals surface area contributed by atoms with Crippen LogP contribution in [0.1, 0.15) is 25.7 Å². The largest absolute Gasteiger partial charge is 0.496 e. The van der Waals surface area contributed by atoms with Crippen molar-refractivity contribution in [3.8, 4) is 5.75 Å². The molecule has 1 saturated carbocycles. The van der Waals surface area contributed by atoms with Gasteiger partial charge in [0.05, 0.1) is 12.0 Å². The molecule has 2 aromatic rings. The minimum Gasteiger partial charge on any atom is -0.496 e. The highest BCUT2D eigenvalue weighted by Gasteiger charge is 2.25. The summed E-state index contributed by atoms with van der Waals surface area (Å²) in [5, 5.41) is 1.47. The number of nitrogens with one attached hydrogen (secondary N) is 1. The SMILES string of the molecule is COc1ccc(S(=O)(=O)NC2CCC(N)CC2)c2ccccc12. The molecule has 0 unspecified atom stereocenters. The van der Waals surface area contributed by atoms with E-state index in [1.54, 1.807) is 19.2 Å². The van der Waals surface area contributed by atoms with Gasteiger partial charge in [0.1, 0.15) is 5.75 Å². The molecule has 23 heavy (non-hydrogen) atoms. The summed E-state index contributed by atoms with van der Waals surface area (Å²) in [7, 11) is -1.99. The van der Waals surface area contributed by atoms with Crippen molar-refractivity contribution in [2.24, 2.45) is 5.73 Å². The number of hydrogen-bond donors (Lipinski definition) is 2. The van der Waals surface area contributed by atoms with E-state index in [2.05, 4.69) is 4.72 Å². The van der Waals surface area contributed by atoms with Crippen LogP contribution in [-0.2, 0) is 10.0 Å². The Kier molecular flexibility index (Phi) is 4.57. The van der Waals surface area contributed by atoms with Gasteiger partial charge in [0.2, 0.25) is 10.0 Å². The summed E-state index contributed by atoms with van der Waals surface area (Å²) in [6.45, 7) is 0. The first kappa shape index (κ1) is 16.2. The van der Waals surface area contributed by atoms with Gasteiger partial charge in [-0.05, 0) is 37.8 Å². The normalized spacial score (nSPS) is 22.2. The summed E-state index contributed by atoms with van der Waals surface area (Å²) in [5.41, 5.74) is 5.89. The molecule has 5 nitrogen and oxygen atoms in total. The number of ether oxygens (including phenoxy) is 1. The monoisotopic (exact) mass is 334 g/mol. The highest BCUT2D eigenvalue weighted by Crippen LogP contribution is 2.31. The Bertz CT molecular complexity index is 797. The quantitative estimate of drug-likeness (QED) is 0.899. The zero-order valence-electron chi connectivity index (χ0n) is 13.2. The maximum absolute atomic E-state index is 12.8. The molecular formula is C17H22N2O3S. The molecule has 0 heterocycles. The Labute approximate surface area is 136 Å². The lowest BCUT2D eigenvalue weighted by Gasteiger charge is -2.26. The molecule has 0 spiro atoms. The molecule has 124 valence electrons. The summed E-state index contributed by atoms with van der Waals surface area (Å²) in [5.74, 6) is 0.670. The number of sulfonamides is 1. The predicted octanol–water partition coefficient (Wildman–Crippen LogP) is 2.40. The minimum absolute atomic E-state index is 0.0411. The second-order valence-corrected chi connectivity index (χ2v) is 7.73. The summed E-state index contributed by atoms with van der Waals surface area (Å²) in [6, 6.07) is 10.8. The van der Waals surface area contributed by atoms with Crippen molar-refractivity contribution in [3.05, 3.63) is 36.4 Å². The van der Waals surface area contributed by atoms with E-state index < -0.39 is 10.0 Å². The van der Waals surface area contributed by atoms with Crippen molar-refractivity contribution >= 4 is 20.8 Å². The van der Waals surface area contributed by atoms with Crippen molar-refractivity contribution in [1.82, 2.24) is 4.72 Å². The lowest BCUT2D eigenvalue weighted by atomic mass is 9.93. The molecule has 0 radical (unpaired) electrons. The zero-order valence-corrected chi connectivity index (χ0v) is 14.0. The Hall–Kier alpha value is -1.63. The number of fused-ring (bicyclic) bond motifs is 1. The molecule has 3 rings (SSSR count). The molecule has 0 bridgehead atoms. The van der Waals surface area contributed by atoms with Crippen LogP contribution in [0.5, 0.6) is 5.75 Å². The number of nitrogens with two attached hydrogens (primary N) is 1. The summed E-state index contributed by atoms with van der Waals surface area (Å²) in [6.07, 6.45) is 3.29. The first-order chi connectivity index (χ1) is 11.0. The van der Waals surface area contributed by atoms with Crippen molar-refractivity contribution in [2.75, 3.05) is 7.11 Å². The number of benzene rings is 2. The topological polar surface area (TPSA) is 81.4 Å². The fourth-order valence-corrected chi connectivity index (χ4v) is 4.69. The summed E-state index contributed by atoms with van der Waals surface area (Å²) >= 11 is 0. The lowest BCUT2D eigenvalue weighted by Crippen LogP contribution is -2.40. The van der Waals surface area contributed by atoms with Gasteiger partial charge in [-0.25, -0.2) is 13.1 Å². The van der Waals surface area contributed by atoms with Crippen molar-refractivity contribution in [3.63, 3.8) is 0 Å². The fourth-order valence-electron chi connectivity index (χ4n) is 3.18. The number of methoxy groups -OCH3 is 1. The molecule has 2 aromatic carbocycles. The lowest BCUT2D eigenvalue weighted by molar-refractivity contribution is 0.373. The van der Waals surface area contributed by atoms with Crippen LogP contribution >= 0.6 is 0 Å². The highest BCUT2D eigenvalue weighted by molar-refractivity contribution is 7.89. The minimum atomic E-state index is -3.58. The van der Waals surface area contributed by atoms with Crippen LogP contribution in [0.4, 0.5) is 0 Å². The average molecular weight is 334 g/mol. The number of hydrogen-bond acceptors (Lipinski definition) is 4. The van der Waals surface area contributed by atoms with Crippen LogP contribution in [0.3, 0.4) is 0 Å². The van der Waals surface area contributed by atoms with Crippen LogP contribution < -0.4 is 15.2 Å². The summed E-state index contributed by atoms with van der Waals surface area (Å²) in [4.78, 5) is 0.295. The molecule has 0 amide bonds. The van der Waals surface area contributed by atoms with Gasteiger partial charge >= 0.3 is 0 Å². The Balaban J connectivity index is 1.95. The third kappa shape index (κ3) is 3.34. The Morgan fingerprint density at radius 3 is 2.35 bits per heavy atom. The van der Waals surface area contributed by atoms with E-state index in [0.29, 0.717) is 16.0 Å². The van der Waals surface area contributed by atoms with Gasteiger partial charge in [-0.2, -0.15) is 0 Å².